The minimum absolute atomic E-state index is 0.0847. The van der Waals surface area contributed by atoms with Crippen molar-refractivity contribution in [3.05, 3.63) is 33.8 Å². The molecule has 3 nitrogen and oxygen atoms in total. The molecule has 5 heteroatoms. The average Bonchev–Trinajstić information content (AvgIpc) is 2.30. The van der Waals surface area contributed by atoms with Crippen molar-refractivity contribution in [3.63, 3.8) is 0 Å². The van der Waals surface area contributed by atoms with Gasteiger partial charge in [0.25, 0.3) is 0 Å². The Labute approximate surface area is 124 Å². The lowest BCUT2D eigenvalue weighted by atomic mass is 9.86. The van der Waals surface area contributed by atoms with E-state index in [1.807, 2.05) is 26.8 Å². The zero-order valence-electron chi connectivity index (χ0n) is 11.7. The Bertz CT molecular complexity index is 469. The third kappa shape index (κ3) is 4.37. The predicted octanol–water partition coefficient (Wildman–Crippen LogP) is 3.33. The average molecular weight is 303 g/mol. The van der Waals surface area contributed by atoms with Crippen LogP contribution in [0.25, 0.3) is 0 Å². The molecule has 0 spiro atoms. The maximum atomic E-state index is 12.2. The van der Waals surface area contributed by atoms with Gasteiger partial charge in [-0.15, -0.1) is 0 Å². The highest BCUT2D eigenvalue weighted by atomic mass is 35.5. The van der Waals surface area contributed by atoms with Crippen molar-refractivity contribution in [2.75, 3.05) is 7.05 Å². The Morgan fingerprint density at radius 3 is 2.37 bits per heavy atom. The first kappa shape index (κ1) is 16.3. The summed E-state index contributed by atoms with van der Waals surface area (Å²) in [7, 11) is 1.73. The van der Waals surface area contributed by atoms with Gasteiger partial charge in [0.15, 0.2) is 0 Å². The van der Waals surface area contributed by atoms with Gasteiger partial charge in [-0.05, 0) is 23.1 Å². The number of hydrogen-bond donors (Lipinski definition) is 1. The molecule has 0 heterocycles. The summed E-state index contributed by atoms with van der Waals surface area (Å²) in [4.78, 5) is 13.8. The fraction of sp³-hybridized carbons (Fsp3) is 0.500. The normalized spacial score (nSPS) is 13.2. The van der Waals surface area contributed by atoms with Crippen LogP contribution in [-0.2, 0) is 11.3 Å². The number of halogens is 2. The zero-order valence-corrected chi connectivity index (χ0v) is 13.2. The molecule has 0 bridgehead atoms. The SMILES string of the molecule is CN(Cc1ccc(Cl)c(Cl)c1)C(=O)[C@@H](N)C(C)(C)C. The van der Waals surface area contributed by atoms with Crippen LogP contribution in [0.2, 0.25) is 10.0 Å². The molecule has 1 atom stereocenters. The van der Waals surface area contributed by atoms with Crippen LogP contribution in [-0.4, -0.2) is 23.9 Å². The number of likely N-dealkylation sites (N-methyl/N-ethyl adjacent to an activating group) is 1. The number of amides is 1. The summed E-state index contributed by atoms with van der Waals surface area (Å²) in [5.74, 6) is -0.0847. The third-order valence-corrected chi connectivity index (χ3v) is 3.72. The van der Waals surface area contributed by atoms with E-state index in [1.165, 1.54) is 0 Å². The first-order valence-corrected chi connectivity index (χ1v) is 6.83. The smallest absolute Gasteiger partial charge is 0.240 e. The maximum Gasteiger partial charge on any atom is 0.240 e. The molecule has 0 aliphatic heterocycles. The van der Waals surface area contributed by atoms with Gasteiger partial charge in [0.2, 0.25) is 5.91 Å². The predicted molar refractivity (Wildman–Crippen MR) is 80.4 cm³/mol. The Kier molecular flexibility index (Phi) is 5.25. The lowest BCUT2D eigenvalue weighted by Crippen LogP contribution is -2.48. The van der Waals surface area contributed by atoms with E-state index < -0.39 is 6.04 Å². The molecular formula is C14H20Cl2N2O. The van der Waals surface area contributed by atoms with Crippen LogP contribution < -0.4 is 5.73 Å². The molecule has 0 saturated heterocycles. The molecule has 1 amide bonds. The molecule has 0 aliphatic rings. The van der Waals surface area contributed by atoms with E-state index in [1.54, 1.807) is 24.1 Å². The molecule has 0 saturated carbocycles. The van der Waals surface area contributed by atoms with Gasteiger partial charge in [-0.3, -0.25) is 4.79 Å². The van der Waals surface area contributed by atoms with E-state index in [9.17, 15) is 4.79 Å². The van der Waals surface area contributed by atoms with Crippen LogP contribution in [0, 0.1) is 5.41 Å². The van der Waals surface area contributed by atoms with E-state index in [4.69, 9.17) is 28.9 Å². The third-order valence-electron chi connectivity index (χ3n) is 2.98. The summed E-state index contributed by atoms with van der Waals surface area (Å²) in [5.41, 5.74) is 6.63. The number of nitrogens with two attached hydrogens (primary N) is 1. The molecule has 2 N–H and O–H groups in total. The Morgan fingerprint density at radius 2 is 1.89 bits per heavy atom. The molecule has 0 unspecified atom stereocenters. The summed E-state index contributed by atoms with van der Waals surface area (Å²) in [6.45, 7) is 6.30. The molecule has 1 aromatic carbocycles. The van der Waals surface area contributed by atoms with E-state index in [2.05, 4.69) is 0 Å². The van der Waals surface area contributed by atoms with Crippen molar-refractivity contribution in [3.8, 4) is 0 Å². The van der Waals surface area contributed by atoms with Crippen molar-refractivity contribution < 1.29 is 4.79 Å². The topological polar surface area (TPSA) is 46.3 Å². The molecule has 1 aromatic rings. The molecule has 0 aliphatic carbocycles. The number of rotatable bonds is 3. The van der Waals surface area contributed by atoms with Gasteiger partial charge in [-0.25, -0.2) is 0 Å². The summed E-state index contributed by atoms with van der Waals surface area (Å²) in [6.07, 6.45) is 0. The molecule has 0 fully saturated rings. The highest BCUT2D eigenvalue weighted by Gasteiger charge is 2.29. The van der Waals surface area contributed by atoms with E-state index in [0.717, 1.165) is 5.56 Å². The van der Waals surface area contributed by atoms with Crippen LogP contribution in [0.1, 0.15) is 26.3 Å². The number of carbonyl (C=O) groups excluding carboxylic acids is 1. The van der Waals surface area contributed by atoms with Gasteiger partial charge in [-0.1, -0.05) is 50.0 Å². The van der Waals surface area contributed by atoms with Crippen LogP contribution in [0.15, 0.2) is 18.2 Å². The summed E-state index contributed by atoms with van der Waals surface area (Å²) < 4.78 is 0. The Hall–Kier alpha value is -0.770. The van der Waals surface area contributed by atoms with Crippen LogP contribution in [0.4, 0.5) is 0 Å². The minimum Gasteiger partial charge on any atom is -0.340 e. The minimum atomic E-state index is -0.528. The van der Waals surface area contributed by atoms with Gasteiger partial charge >= 0.3 is 0 Å². The standard InChI is InChI=1S/C14H20Cl2N2O/c1-14(2,3)12(17)13(19)18(4)8-9-5-6-10(15)11(16)7-9/h5-7,12H,8,17H2,1-4H3/t12-/m1/s1. The van der Waals surface area contributed by atoms with Gasteiger partial charge in [0.1, 0.15) is 0 Å². The first-order valence-electron chi connectivity index (χ1n) is 6.07. The molecule has 0 aromatic heterocycles. The lowest BCUT2D eigenvalue weighted by molar-refractivity contribution is -0.134. The molecule has 0 radical (unpaired) electrons. The number of nitrogens with zero attached hydrogens (tertiary/aromatic N) is 1. The molecular weight excluding hydrogens is 283 g/mol. The van der Waals surface area contributed by atoms with E-state index >= 15 is 0 Å². The summed E-state index contributed by atoms with van der Waals surface area (Å²) in [6, 6.07) is 4.80. The van der Waals surface area contributed by atoms with Crippen LogP contribution in [0.5, 0.6) is 0 Å². The summed E-state index contributed by atoms with van der Waals surface area (Å²) in [5, 5.41) is 0.992. The van der Waals surface area contributed by atoms with Crippen molar-refractivity contribution >= 4 is 29.1 Å². The Morgan fingerprint density at radius 1 is 1.32 bits per heavy atom. The van der Waals surface area contributed by atoms with E-state index in [0.29, 0.717) is 16.6 Å². The second-order valence-corrected chi connectivity index (χ2v) is 6.60. The van der Waals surface area contributed by atoms with Crippen molar-refractivity contribution in [2.24, 2.45) is 11.1 Å². The lowest BCUT2D eigenvalue weighted by Gasteiger charge is -2.30. The van der Waals surface area contributed by atoms with E-state index in [-0.39, 0.29) is 11.3 Å². The number of carbonyl (C=O) groups is 1. The first-order chi connectivity index (χ1) is 8.62. The molecule has 1 rings (SSSR count). The van der Waals surface area contributed by atoms with Crippen LogP contribution >= 0.6 is 23.2 Å². The fourth-order valence-corrected chi connectivity index (χ4v) is 1.92. The highest BCUT2D eigenvalue weighted by molar-refractivity contribution is 6.42. The number of hydrogen-bond acceptors (Lipinski definition) is 2. The largest absolute Gasteiger partial charge is 0.340 e. The molecule has 106 valence electrons. The van der Waals surface area contributed by atoms with Gasteiger partial charge in [-0.2, -0.15) is 0 Å². The van der Waals surface area contributed by atoms with Gasteiger partial charge in [0.05, 0.1) is 16.1 Å². The molecule has 19 heavy (non-hydrogen) atoms. The highest BCUT2D eigenvalue weighted by Crippen LogP contribution is 2.24. The monoisotopic (exact) mass is 302 g/mol. The van der Waals surface area contributed by atoms with Crippen molar-refractivity contribution in [1.82, 2.24) is 4.90 Å². The summed E-state index contributed by atoms with van der Waals surface area (Å²) >= 11 is 11.8. The van der Waals surface area contributed by atoms with Crippen molar-refractivity contribution in [1.29, 1.82) is 0 Å². The second-order valence-electron chi connectivity index (χ2n) is 5.79. The van der Waals surface area contributed by atoms with Crippen LogP contribution in [0.3, 0.4) is 0 Å². The fourth-order valence-electron chi connectivity index (χ4n) is 1.60. The second kappa shape index (κ2) is 6.12. The van der Waals surface area contributed by atoms with Gasteiger partial charge in [0, 0.05) is 13.6 Å². The van der Waals surface area contributed by atoms with Gasteiger partial charge < -0.3 is 10.6 Å². The van der Waals surface area contributed by atoms with Crippen molar-refractivity contribution in [2.45, 2.75) is 33.4 Å². The number of benzene rings is 1. The Balaban J connectivity index is 2.76. The maximum absolute atomic E-state index is 12.2. The quantitative estimate of drug-likeness (QED) is 0.931. The zero-order chi connectivity index (χ0) is 14.8.